The van der Waals surface area contributed by atoms with Crippen LogP contribution in [0.1, 0.15) is 30.8 Å². The summed E-state index contributed by atoms with van der Waals surface area (Å²) in [5, 5.41) is 3.50. The Morgan fingerprint density at radius 3 is 2.95 bits per heavy atom. The highest BCUT2D eigenvalue weighted by atomic mass is 19.1. The number of amides is 1. The Bertz CT molecular complexity index is 593. The Kier molecular flexibility index (Phi) is 4.74. The van der Waals surface area contributed by atoms with E-state index in [2.05, 4.69) is 10.3 Å². The fourth-order valence-electron chi connectivity index (χ4n) is 1.91. The van der Waals surface area contributed by atoms with Gasteiger partial charge in [-0.25, -0.2) is 4.39 Å². The number of halogens is 1. The molecule has 0 aliphatic carbocycles. The maximum absolute atomic E-state index is 13.1. The van der Waals surface area contributed by atoms with E-state index < -0.39 is 0 Å². The first-order valence-corrected chi connectivity index (χ1v) is 6.74. The number of fused-ring (bicyclic) bond motifs is 1. The Labute approximate surface area is 117 Å². The van der Waals surface area contributed by atoms with Gasteiger partial charge in [-0.1, -0.05) is 0 Å². The largest absolute Gasteiger partial charge is 0.379 e. The number of aromatic nitrogens is 1. The molecule has 0 unspecified atom stereocenters. The summed E-state index contributed by atoms with van der Waals surface area (Å²) in [7, 11) is 0. The van der Waals surface area contributed by atoms with Gasteiger partial charge in [0.15, 0.2) is 0 Å². The highest BCUT2D eigenvalue weighted by Crippen LogP contribution is 2.16. The number of benzene rings is 1. The summed E-state index contributed by atoms with van der Waals surface area (Å²) >= 11 is 0. The molecule has 1 amide bonds. The van der Waals surface area contributed by atoms with E-state index in [4.69, 9.17) is 4.74 Å². The number of hydrogen-bond donors (Lipinski definition) is 2. The van der Waals surface area contributed by atoms with E-state index in [9.17, 15) is 9.18 Å². The van der Waals surface area contributed by atoms with Gasteiger partial charge in [0, 0.05) is 24.1 Å². The molecule has 5 heteroatoms. The minimum atomic E-state index is -0.311. The number of H-pyrrole nitrogens is 1. The molecule has 0 aliphatic rings. The van der Waals surface area contributed by atoms with Crippen molar-refractivity contribution >= 4 is 16.8 Å². The Hall–Kier alpha value is -1.88. The summed E-state index contributed by atoms with van der Waals surface area (Å²) in [6.07, 6.45) is 0.966. The zero-order valence-corrected chi connectivity index (χ0v) is 11.7. The predicted molar refractivity (Wildman–Crippen MR) is 76.3 cm³/mol. The van der Waals surface area contributed by atoms with Crippen molar-refractivity contribution in [2.24, 2.45) is 0 Å². The molecule has 2 rings (SSSR count). The maximum Gasteiger partial charge on any atom is 0.267 e. The second-order valence-electron chi connectivity index (χ2n) is 4.94. The molecule has 0 saturated heterocycles. The minimum Gasteiger partial charge on any atom is -0.379 e. The van der Waals surface area contributed by atoms with Crippen LogP contribution in [0.3, 0.4) is 0 Å². The molecule has 2 N–H and O–H groups in total. The van der Waals surface area contributed by atoms with Crippen LogP contribution >= 0.6 is 0 Å². The molecule has 2 aromatic rings. The number of carbonyl (C=O) groups is 1. The third kappa shape index (κ3) is 3.81. The van der Waals surface area contributed by atoms with Crippen LogP contribution in [0.5, 0.6) is 0 Å². The highest BCUT2D eigenvalue weighted by Gasteiger charge is 2.09. The molecule has 4 nitrogen and oxygen atoms in total. The van der Waals surface area contributed by atoms with Crippen LogP contribution in [0.25, 0.3) is 10.9 Å². The lowest BCUT2D eigenvalue weighted by atomic mass is 10.2. The average Bonchev–Trinajstić information content (AvgIpc) is 2.80. The molecule has 0 atom stereocenters. The van der Waals surface area contributed by atoms with Crippen LogP contribution in [-0.2, 0) is 4.74 Å². The van der Waals surface area contributed by atoms with Gasteiger partial charge in [-0.2, -0.15) is 0 Å². The van der Waals surface area contributed by atoms with Gasteiger partial charge in [0.2, 0.25) is 0 Å². The van der Waals surface area contributed by atoms with Gasteiger partial charge < -0.3 is 15.0 Å². The lowest BCUT2D eigenvalue weighted by Gasteiger charge is -2.07. The van der Waals surface area contributed by atoms with Crippen LogP contribution in [0.15, 0.2) is 24.3 Å². The third-order valence-electron chi connectivity index (χ3n) is 2.89. The molecule has 0 spiro atoms. The van der Waals surface area contributed by atoms with E-state index in [1.807, 2.05) is 13.8 Å². The predicted octanol–water partition coefficient (Wildman–Crippen LogP) is 2.85. The molecule has 0 bridgehead atoms. The molecule has 108 valence electrons. The van der Waals surface area contributed by atoms with Gasteiger partial charge >= 0.3 is 0 Å². The molecule has 0 saturated carbocycles. The van der Waals surface area contributed by atoms with Crippen LogP contribution < -0.4 is 5.32 Å². The molecule has 1 aromatic carbocycles. The summed E-state index contributed by atoms with van der Waals surface area (Å²) in [4.78, 5) is 14.9. The van der Waals surface area contributed by atoms with E-state index in [0.717, 1.165) is 11.9 Å². The van der Waals surface area contributed by atoms with E-state index in [-0.39, 0.29) is 17.8 Å². The second-order valence-corrected chi connectivity index (χ2v) is 4.94. The molecular weight excluding hydrogens is 259 g/mol. The van der Waals surface area contributed by atoms with Gasteiger partial charge in [-0.15, -0.1) is 0 Å². The summed E-state index contributed by atoms with van der Waals surface area (Å²) in [5.74, 6) is -0.500. The highest BCUT2D eigenvalue weighted by molar-refractivity contribution is 5.97. The normalized spacial score (nSPS) is 11.2. The molecule has 1 aromatic heterocycles. The fraction of sp³-hybridized carbons (Fsp3) is 0.400. The first-order chi connectivity index (χ1) is 9.56. The Morgan fingerprint density at radius 2 is 2.20 bits per heavy atom. The standard InChI is InChI=1S/C15H19FN2O2/c1-10(2)20-7-3-6-17-15(19)14-9-11-8-12(16)4-5-13(11)18-14/h4-5,8-10,18H,3,6-7H2,1-2H3,(H,17,19). The van der Waals surface area contributed by atoms with Crippen molar-refractivity contribution in [1.82, 2.24) is 10.3 Å². The van der Waals surface area contributed by atoms with Crippen LogP contribution in [0.2, 0.25) is 0 Å². The van der Waals surface area contributed by atoms with Crippen molar-refractivity contribution < 1.29 is 13.9 Å². The number of aromatic amines is 1. The maximum atomic E-state index is 13.1. The zero-order valence-electron chi connectivity index (χ0n) is 11.7. The van der Waals surface area contributed by atoms with Gasteiger partial charge in [-0.3, -0.25) is 4.79 Å². The van der Waals surface area contributed by atoms with Crippen LogP contribution in [0.4, 0.5) is 4.39 Å². The van der Waals surface area contributed by atoms with E-state index in [0.29, 0.717) is 24.2 Å². The van der Waals surface area contributed by atoms with Gasteiger partial charge in [-0.05, 0) is 44.5 Å². The Morgan fingerprint density at radius 1 is 1.40 bits per heavy atom. The van der Waals surface area contributed by atoms with Crippen LogP contribution in [0, 0.1) is 5.82 Å². The summed E-state index contributed by atoms with van der Waals surface area (Å²) in [6.45, 7) is 5.12. The van der Waals surface area contributed by atoms with E-state index in [1.54, 1.807) is 12.1 Å². The van der Waals surface area contributed by atoms with Crippen molar-refractivity contribution in [2.75, 3.05) is 13.2 Å². The van der Waals surface area contributed by atoms with Crippen LogP contribution in [-0.4, -0.2) is 30.1 Å². The third-order valence-corrected chi connectivity index (χ3v) is 2.89. The number of ether oxygens (including phenoxy) is 1. The fourth-order valence-corrected chi connectivity index (χ4v) is 1.91. The number of carbonyl (C=O) groups excluding carboxylic acids is 1. The monoisotopic (exact) mass is 278 g/mol. The Balaban J connectivity index is 1.88. The van der Waals surface area contributed by atoms with Gasteiger partial charge in [0.05, 0.1) is 6.10 Å². The quantitative estimate of drug-likeness (QED) is 0.798. The number of hydrogen-bond acceptors (Lipinski definition) is 2. The lowest BCUT2D eigenvalue weighted by molar-refractivity contribution is 0.0756. The van der Waals surface area contributed by atoms with Crippen molar-refractivity contribution in [3.8, 4) is 0 Å². The summed E-state index contributed by atoms with van der Waals surface area (Å²) < 4.78 is 18.5. The van der Waals surface area contributed by atoms with Gasteiger partial charge in [0.1, 0.15) is 11.5 Å². The van der Waals surface area contributed by atoms with E-state index >= 15 is 0 Å². The SMILES string of the molecule is CC(C)OCCCNC(=O)c1cc2cc(F)ccc2[nH]1. The molecule has 0 aliphatic heterocycles. The number of rotatable bonds is 6. The van der Waals surface area contributed by atoms with Crippen molar-refractivity contribution in [3.63, 3.8) is 0 Å². The second kappa shape index (κ2) is 6.52. The molecule has 20 heavy (non-hydrogen) atoms. The first-order valence-electron chi connectivity index (χ1n) is 6.74. The van der Waals surface area contributed by atoms with Crippen molar-refractivity contribution in [1.29, 1.82) is 0 Å². The lowest BCUT2D eigenvalue weighted by Crippen LogP contribution is -2.25. The topological polar surface area (TPSA) is 54.1 Å². The summed E-state index contributed by atoms with van der Waals surface area (Å²) in [5.41, 5.74) is 1.19. The smallest absolute Gasteiger partial charge is 0.267 e. The molecule has 0 radical (unpaired) electrons. The first kappa shape index (κ1) is 14.5. The zero-order chi connectivity index (χ0) is 14.5. The number of nitrogens with one attached hydrogen (secondary N) is 2. The molecule has 0 fully saturated rings. The molecular formula is C15H19FN2O2. The van der Waals surface area contributed by atoms with E-state index in [1.165, 1.54) is 12.1 Å². The average molecular weight is 278 g/mol. The summed E-state index contributed by atoms with van der Waals surface area (Å²) in [6, 6.07) is 6.04. The minimum absolute atomic E-state index is 0.189. The van der Waals surface area contributed by atoms with Gasteiger partial charge in [0.25, 0.3) is 5.91 Å². The van der Waals surface area contributed by atoms with Crippen molar-refractivity contribution in [3.05, 3.63) is 35.8 Å². The molecule has 1 heterocycles. The van der Waals surface area contributed by atoms with Crippen molar-refractivity contribution in [2.45, 2.75) is 26.4 Å².